The lowest BCUT2D eigenvalue weighted by Crippen LogP contribution is -2.47. The fourth-order valence-electron chi connectivity index (χ4n) is 4.00. The minimum absolute atomic E-state index is 0.0386. The number of carbonyl (C=O) groups is 2. The highest BCUT2D eigenvalue weighted by atomic mass is 16.5. The van der Waals surface area contributed by atoms with Crippen molar-refractivity contribution in [3.63, 3.8) is 0 Å². The lowest BCUT2D eigenvalue weighted by atomic mass is 10.1. The molecular formula is C27H39N5O4. The summed E-state index contributed by atoms with van der Waals surface area (Å²) in [5.41, 5.74) is 2.37. The third-order valence-corrected chi connectivity index (χ3v) is 6.12. The van der Waals surface area contributed by atoms with Crippen LogP contribution in [-0.2, 0) is 4.74 Å². The first-order chi connectivity index (χ1) is 17.4. The summed E-state index contributed by atoms with van der Waals surface area (Å²) in [6.07, 6.45) is -0.488. The van der Waals surface area contributed by atoms with E-state index in [1.54, 1.807) is 11.0 Å². The number of hydrogen-bond acceptors (Lipinski definition) is 7. The van der Waals surface area contributed by atoms with Crippen LogP contribution < -0.4 is 15.0 Å². The van der Waals surface area contributed by atoms with Crippen molar-refractivity contribution in [3.8, 4) is 5.75 Å². The number of benzene rings is 2. The van der Waals surface area contributed by atoms with Gasteiger partial charge in [-0.2, -0.15) is 0 Å². The number of rotatable bonds is 11. The Morgan fingerprint density at radius 2 is 1.72 bits per heavy atom. The molecular weight excluding hydrogens is 458 g/mol. The van der Waals surface area contributed by atoms with Gasteiger partial charge in [0.1, 0.15) is 12.4 Å². The molecule has 36 heavy (non-hydrogen) atoms. The van der Waals surface area contributed by atoms with Crippen molar-refractivity contribution in [2.24, 2.45) is 0 Å². The van der Waals surface area contributed by atoms with Crippen LogP contribution in [0.2, 0.25) is 0 Å². The van der Waals surface area contributed by atoms with Gasteiger partial charge in [-0.1, -0.05) is 18.2 Å². The van der Waals surface area contributed by atoms with Crippen LogP contribution in [0, 0.1) is 0 Å². The lowest BCUT2D eigenvalue weighted by Gasteiger charge is -2.36. The first-order valence-corrected chi connectivity index (χ1v) is 12.5. The number of nitrogens with zero attached hydrogens (tertiary/aromatic N) is 4. The van der Waals surface area contributed by atoms with Crippen molar-refractivity contribution in [3.05, 3.63) is 54.1 Å². The highest BCUT2D eigenvalue weighted by Crippen LogP contribution is 2.24. The number of hydrogen-bond donors (Lipinski definition) is 1. The number of carbonyl (C=O) groups excluding carboxylic acids is 2. The van der Waals surface area contributed by atoms with Crippen molar-refractivity contribution >= 4 is 23.4 Å². The van der Waals surface area contributed by atoms with Crippen molar-refractivity contribution in [1.29, 1.82) is 0 Å². The van der Waals surface area contributed by atoms with Gasteiger partial charge in [0.25, 0.3) is 5.91 Å². The van der Waals surface area contributed by atoms with Gasteiger partial charge in [0.05, 0.1) is 12.3 Å². The van der Waals surface area contributed by atoms with Crippen LogP contribution in [0.15, 0.2) is 48.5 Å². The summed E-state index contributed by atoms with van der Waals surface area (Å²) < 4.78 is 10.9. The van der Waals surface area contributed by atoms with Crippen LogP contribution in [-0.4, -0.2) is 107 Å². The second-order valence-corrected chi connectivity index (χ2v) is 9.10. The molecule has 9 heteroatoms. The monoisotopic (exact) mass is 497 g/mol. The fourth-order valence-corrected chi connectivity index (χ4v) is 4.00. The average molecular weight is 498 g/mol. The van der Waals surface area contributed by atoms with Gasteiger partial charge in [-0.15, -0.1) is 0 Å². The van der Waals surface area contributed by atoms with Gasteiger partial charge in [0.15, 0.2) is 0 Å². The predicted octanol–water partition coefficient (Wildman–Crippen LogP) is 3.09. The molecule has 0 aromatic heterocycles. The van der Waals surface area contributed by atoms with E-state index in [-0.39, 0.29) is 5.91 Å². The Labute approximate surface area is 214 Å². The van der Waals surface area contributed by atoms with E-state index in [2.05, 4.69) is 26.1 Å². The van der Waals surface area contributed by atoms with Crippen LogP contribution in [0.3, 0.4) is 0 Å². The summed E-state index contributed by atoms with van der Waals surface area (Å²) in [6.45, 7) is 8.34. The largest absolute Gasteiger partial charge is 0.492 e. The minimum Gasteiger partial charge on any atom is -0.492 e. The van der Waals surface area contributed by atoms with E-state index < -0.39 is 6.09 Å². The normalized spacial score (nSPS) is 14.0. The van der Waals surface area contributed by atoms with E-state index in [1.165, 1.54) is 0 Å². The zero-order chi connectivity index (χ0) is 25.9. The molecule has 0 atom stereocenters. The van der Waals surface area contributed by atoms with Gasteiger partial charge >= 0.3 is 6.09 Å². The zero-order valence-electron chi connectivity index (χ0n) is 21.9. The molecule has 196 valence electrons. The molecule has 0 spiro atoms. The molecule has 9 nitrogen and oxygen atoms in total. The molecule has 1 heterocycles. The quantitative estimate of drug-likeness (QED) is 0.511. The van der Waals surface area contributed by atoms with E-state index >= 15 is 0 Å². The highest BCUT2D eigenvalue weighted by molar-refractivity contribution is 5.95. The average Bonchev–Trinajstić information content (AvgIpc) is 2.88. The molecule has 2 aromatic rings. The van der Waals surface area contributed by atoms with Gasteiger partial charge < -0.3 is 24.2 Å². The SMILES string of the molecule is CCOc1ccccc1NC(=O)OCCN1CCN(c2cccc(C(=O)N(C)CCN(C)C)c2)CC1. The molecule has 0 radical (unpaired) electrons. The standard InChI is InChI=1S/C27H39N5O4/c1-5-35-25-12-7-6-11-24(25)28-27(34)36-20-19-31-15-17-32(18-16-31)23-10-8-9-22(21-23)26(33)30(4)14-13-29(2)3/h6-12,21H,5,13-20H2,1-4H3,(H,28,34). The first-order valence-electron chi connectivity index (χ1n) is 12.5. The molecule has 1 fully saturated rings. The van der Waals surface area contributed by atoms with E-state index in [0.29, 0.717) is 43.3 Å². The topological polar surface area (TPSA) is 77.6 Å². The molecule has 2 amide bonds. The molecule has 1 saturated heterocycles. The third-order valence-electron chi connectivity index (χ3n) is 6.12. The number of ether oxygens (including phenoxy) is 2. The molecule has 0 saturated carbocycles. The molecule has 1 aliphatic heterocycles. The van der Waals surface area contributed by atoms with Crippen LogP contribution in [0.5, 0.6) is 5.75 Å². The van der Waals surface area contributed by atoms with E-state index in [4.69, 9.17) is 9.47 Å². The van der Waals surface area contributed by atoms with E-state index in [9.17, 15) is 9.59 Å². The number of anilines is 2. The number of likely N-dealkylation sites (N-methyl/N-ethyl adjacent to an activating group) is 2. The maximum atomic E-state index is 12.8. The van der Waals surface area contributed by atoms with Crippen molar-refractivity contribution in [2.75, 3.05) is 90.4 Å². The van der Waals surface area contributed by atoms with Gasteiger partial charge in [0.2, 0.25) is 0 Å². The maximum absolute atomic E-state index is 12.8. The Morgan fingerprint density at radius 3 is 2.44 bits per heavy atom. The lowest BCUT2D eigenvalue weighted by molar-refractivity contribution is 0.0786. The number of piperazine rings is 1. The van der Waals surface area contributed by atoms with Gasteiger partial charge in [-0.3, -0.25) is 15.0 Å². The Morgan fingerprint density at radius 1 is 0.972 bits per heavy atom. The van der Waals surface area contributed by atoms with Gasteiger partial charge in [-0.25, -0.2) is 4.79 Å². The number of para-hydroxylation sites is 2. The Balaban J connectivity index is 1.42. The molecule has 1 N–H and O–H groups in total. The van der Waals surface area contributed by atoms with Crippen LogP contribution in [0.25, 0.3) is 0 Å². The van der Waals surface area contributed by atoms with Crippen molar-refractivity contribution in [2.45, 2.75) is 6.92 Å². The third kappa shape index (κ3) is 8.13. The van der Waals surface area contributed by atoms with Crippen LogP contribution >= 0.6 is 0 Å². The minimum atomic E-state index is -0.488. The van der Waals surface area contributed by atoms with Crippen LogP contribution in [0.1, 0.15) is 17.3 Å². The van der Waals surface area contributed by atoms with Crippen molar-refractivity contribution in [1.82, 2.24) is 14.7 Å². The smallest absolute Gasteiger partial charge is 0.411 e. The first kappa shape index (κ1) is 27.3. The van der Waals surface area contributed by atoms with Crippen LogP contribution in [0.4, 0.5) is 16.2 Å². The Hall–Kier alpha value is -3.30. The van der Waals surface area contributed by atoms with Crippen molar-refractivity contribution < 1.29 is 19.1 Å². The summed E-state index contributed by atoms with van der Waals surface area (Å²) in [5, 5.41) is 2.75. The summed E-state index contributed by atoms with van der Waals surface area (Å²) in [5.74, 6) is 0.663. The molecule has 0 aliphatic carbocycles. The molecule has 3 rings (SSSR count). The highest BCUT2D eigenvalue weighted by Gasteiger charge is 2.19. The number of amides is 2. The number of nitrogens with one attached hydrogen (secondary N) is 1. The molecule has 0 unspecified atom stereocenters. The second-order valence-electron chi connectivity index (χ2n) is 9.10. The summed E-state index contributed by atoms with van der Waals surface area (Å²) >= 11 is 0. The Bertz CT molecular complexity index is 992. The predicted molar refractivity (Wildman–Crippen MR) is 143 cm³/mol. The Kier molecular flexibility index (Phi) is 10.4. The van der Waals surface area contributed by atoms with E-state index in [1.807, 2.05) is 64.5 Å². The summed E-state index contributed by atoms with van der Waals surface area (Å²) in [7, 11) is 5.85. The summed E-state index contributed by atoms with van der Waals surface area (Å²) in [4.78, 5) is 33.4. The van der Waals surface area contributed by atoms with Gasteiger partial charge in [-0.05, 0) is 51.4 Å². The van der Waals surface area contributed by atoms with E-state index in [0.717, 1.165) is 38.4 Å². The molecule has 1 aliphatic rings. The van der Waals surface area contributed by atoms with Gasteiger partial charge in [0, 0.05) is 64.1 Å². The summed E-state index contributed by atoms with van der Waals surface area (Å²) in [6, 6.07) is 15.2. The zero-order valence-corrected chi connectivity index (χ0v) is 21.9. The second kappa shape index (κ2) is 13.7. The fraction of sp³-hybridized carbons (Fsp3) is 0.481. The molecule has 2 aromatic carbocycles. The maximum Gasteiger partial charge on any atom is 0.411 e. The molecule has 0 bridgehead atoms.